The molecule has 1 aromatic carbocycles. The number of fused-ring (bicyclic) bond motifs is 1. The van der Waals surface area contributed by atoms with Gasteiger partial charge in [-0.15, -0.1) is 0 Å². The fourth-order valence-corrected chi connectivity index (χ4v) is 4.39. The summed E-state index contributed by atoms with van der Waals surface area (Å²) < 4.78 is 12.4. The zero-order valence-corrected chi connectivity index (χ0v) is 19.5. The number of aryl methyl sites for hydroxylation is 2. The topological polar surface area (TPSA) is 95.3 Å². The summed E-state index contributed by atoms with van der Waals surface area (Å²) in [6, 6.07) is 11.2. The van der Waals surface area contributed by atoms with E-state index in [1.54, 1.807) is 30.9 Å². The van der Waals surface area contributed by atoms with Crippen molar-refractivity contribution in [3.63, 3.8) is 0 Å². The van der Waals surface area contributed by atoms with Gasteiger partial charge in [0.15, 0.2) is 0 Å². The number of anilines is 1. The van der Waals surface area contributed by atoms with Crippen LogP contribution in [0.15, 0.2) is 41.2 Å². The van der Waals surface area contributed by atoms with Crippen molar-refractivity contribution in [2.24, 2.45) is 7.05 Å². The zero-order valence-electron chi connectivity index (χ0n) is 19.5. The maximum absolute atomic E-state index is 13.4. The Morgan fingerprint density at radius 2 is 1.97 bits per heavy atom. The quantitative estimate of drug-likeness (QED) is 0.578. The van der Waals surface area contributed by atoms with Crippen LogP contribution < -0.4 is 15.6 Å². The van der Waals surface area contributed by atoms with Gasteiger partial charge in [-0.1, -0.05) is 31.2 Å². The Labute approximate surface area is 192 Å². The molecule has 0 radical (unpaired) electrons. The first-order valence-corrected chi connectivity index (χ1v) is 11.0. The fourth-order valence-electron chi connectivity index (χ4n) is 4.39. The van der Waals surface area contributed by atoms with Crippen molar-refractivity contribution in [3.8, 4) is 17.1 Å². The second kappa shape index (κ2) is 9.05. The van der Waals surface area contributed by atoms with Crippen molar-refractivity contribution in [1.29, 1.82) is 0 Å². The first kappa shape index (κ1) is 22.5. The molecule has 0 saturated heterocycles. The number of carbonyl (C=O) groups excluding carboxylic acids is 1. The number of esters is 1. The second-order valence-electron chi connectivity index (χ2n) is 8.13. The third-order valence-electron chi connectivity index (χ3n) is 6.01. The number of rotatable bonds is 6. The molecule has 2 unspecified atom stereocenters. The molecular formula is C25H28N4O4. The highest BCUT2D eigenvalue weighted by Crippen LogP contribution is 2.36. The lowest BCUT2D eigenvalue weighted by molar-refractivity contribution is -0.146. The van der Waals surface area contributed by atoms with E-state index in [1.807, 2.05) is 38.1 Å². The predicted molar refractivity (Wildman–Crippen MR) is 125 cm³/mol. The summed E-state index contributed by atoms with van der Waals surface area (Å²) >= 11 is 0. The van der Waals surface area contributed by atoms with Crippen molar-refractivity contribution < 1.29 is 14.3 Å². The number of methoxy groups -OCH3 is 1. The molecule has 3 aromatic rings. The number of carbonyl (C=O) groups is 1. The minimum atomic E-state index is -0.368. The van der Waals surface area contributed by atoms with Crippen LogP contribution in [0.5, 0.6) is 5.88 Å². The number of hydrogen-bond acceptors (Lipinski definition) is 7. The summed E-state index contributed by atoms with van der Waals surface area (Å²) in [7, 11) is 3.28. The minimum Gasteiger partial charge on any atom is -0.481 e. The number of hydrogen-bond donors (Lipinski definition) is 1. The molecule has 0 saturated carbocycles. The van der Waals surface area contributed by atoms with Crippen molar-refractivity contribution in [2.45, 2.75) is 45.8 Å². The standard InChI is InChI=1S/C25H28N4O4/c1-6-19-24(28-22-18-10-8-7-9-16(18)13-20(22)33-15(3)30)29(4)25(31)23(27-19)17-11-12-21(32-5)26-14(17)2/h7-12,20,22,28H,6,13H2,1-5H3. The third kappa shape index (κ3) is 4.20. The molecule has 2 atom stereocenters. The van der Waals surface area contributed by atoms with E-state index in [4.69, 9.17) is 14.5 Å². The summed E-state index contributed by atoms with van der Waals surface area (Å²) in [5, 5.41) is 3.48. The molecule has 0 fully saturated rings. The molecule has 2 aromatic heterocycles. The minimum absolute atomic E-state index is 0.236. The van der Waals surface area contributed by atoms with Gasteiger partial charge in [0.25, 0.3) is 5.56 Å². The van der Waals surface area contributed by atoms with E-state index in [0.29, 0.717) is 41.5 Å². The van der Waals surface area contributed by atoms with Crippen LogP contribution in [0.3, 0.4) is 0 Å². The average molecular weight is 449 g/mol. The smallest absolute Gasteiger partial charge is 0.302 e. The van der Waals surface area contributed by atoms with E-state index >= 15 is 0 Å². The van der Waals surface area contributed by atoms with E-state index in [-0.39, 0.29) is 23.7 Å². The molecule has 0 aliphatic heterocycles. The van der Waals surface area contributed by atoms with Gasteiger partial charge in [0.05, 0.1) is 24.5 Å². The third-order valence-corrected chi connectivity index (χ3v) is 6.01. The van der Waals surface area contributed by atoms with Crippen molar-refractivity contribution in [1.82, 2.24) is 14.5 Å². The van der Waals surface area contributed by atoms with Crippen LogP contribution in [0.25, 0.3) is 11.3 Å². The first-order valence-electron chi connectivity index (χ1n) is 11.0. The Morgan fingerprint density at radius 1 is 1.21 bits per heavy atom. The molecule has 4 rings (SSSR count). The maximum atomic E-state index is 13.4. The lowest BCUT2D eigenvalue weighted by atomic mass is 10.1. The molecule has 0 bridgehead atoms. The molecule has 1 N–H and O–H groups in total. The lowest BCUT2D eigenvalue weighted by Gasteiger charge is -2.25. The van der Waals surface area contributed by atoms with Crippen LogP contribution in [0.4, 0.5) is 5.82 Å². The molecule has 33 heavy (non-hydrogen) atoms. The highest BCUT2D eigenvalue weighted by Gasteiger charge is 2.35. The summed E-state index contributed by atoms with van der Waals surface area (Å²) in [4.78, 5) is 34.2. The summed E-state index contributed by atoms with van der Waals surface area (Å²) in [5.41, 5.74) is 4.36. The SMILES string of the molecule is CCc1nc(-c2ccc(OC)nc2C)c(=O)n(C)c1NC1c2ccccc2CC1OC(C)=O. The first-order chi connectivity index (χ1) is 15.8. The summed E-state index contributed by atoms with van der Waals surface area (Å²) in [6.45, 7) is 5.23. The number of pyridine rings is 1. The largest absolute Gasteiger partial charge is 0.481 e. The Balaban J connectivity index is 1.78. The molecule has 0 amide bonds. The van der Waals surface area contributed by atoms with Crippen LogP contribution in [-0.4, -0.2) is 33.7 Å². The van der Waals surface area contributed by atoms with Gasteiger partial charge >= 0.3 is 5.97 Å². The molecule has 1 aliphatic rings. The van der Waals surface area contributed by atoms with Gasteiger partial charge in [0.1, 0.15) is 17.6 Å². The van der Waals surface area contributed by atoms with Crippen LogP contribution in [0, 0.1) is 6.92 Å². The summed E-state index contributed by atoms with van der Waals surface area (Å²) in [6.07, 6.45) is 0.858. The normalized spacial score (nSPS) is 16.9. The molecule has 1 aliphatic carbocycles. The molecule has 8 nitrogen and oxygen atoms in total. The van der Waals surface area contributed by atoms with Gasteiger partial charge in [0, 0.05) is 32.0 Å². The number of aromatic nitrogens is 3. The van der Waals surface area contributed by atoms with Crippen molar-refractivity contribution >= 4 is 11.8 Å². The van der Waals surface area contributed by atoms with Crippen LogP contribution >= 0.6 is 0 Å². The van der Waals surface area contributed by atoms with Gasteiger partial charge in [-0.25, -0.2) is 9.97 Å². The molecule has 172 valence electrons. The average Bonchev–Trinajstić information content (AvgIpc) is 3.13. The second-order valence-corrected chi connectivity index (χ2v) is 8.13. The van der Waals surface area contributed by atoms with E-state index in [9.17, 15) is 9.59 Å². The Hall–Kier alpha value is -3.68. The van der Waals surface area contributed by atoms with Gasteiger partial charge in [-0.2, -0.15) is 0 Å². The fraction of sp³-hybridized carbons (Fsp3) is 0.360. The highest BCUT2D eigenvalue weighted by molar-refractivity contribution is 5.67. The number of benzene rings is 1. The van der Waals surface area contributed by atoms with Gasteiger partial charge in [0.2, 0.25) is 5.88 Å². The Kier molecular flexibility index (Phi) is 6.18. The maximum Gasteiger partial charge on any atom is 0.302 e. The lowest BCUT2D eigenvalue weighted by Crippen LogP contribution is -2.31. The Morgan fingerprint density at radius 3 is 2.64 bits per heavy atom. The molecular weight excluding hydrogens is 420 g/mol. The number of ether oxygens (including phenoxy) is 2. The monoisotopic (exact) mass is 448 g/mol. The molecule has 2 heterocycles. The van der Waals surface area contributed by atoms with Crippen LogP contribution in [0.1, 0.15) is 42.4 Å². The zero-order chi connectivity index (χ0) is 23.7. The van der Waals surface area contributed by atoms with Crippen LogP contribution in [0.2, 0.25) is 0 Å². The van der Waals surface area contributed by atoms with E-state index in [1.165, 1.54) is 6.92 Å². The van der Waals surface area contributed by atoms with Gasteiger partial charge < -0.3 is 14.8 Å². The number of nitrogens with zero attached hydrogens (tertiary/aromatic N) is 3. The molecule has 0 spiro atoms. The van der Waals surface area contributed by atoms with Crippen molar-refractivity contribution in [2.75, 3.05) is 12.4 Å². The van der Waals surface area contributed by atoms with Crippen LogP contribution in [-0.2, 0) is 29.4 Å². The Bertz CT molecular complexity index is 1270. The number of nitrogens with one attached hydrogen (secondary N) is 1. The van der Waals surface area contributed by atoms with Gasteiger partial charge in [-0.3, -0.25) is 14.2 Å². The van der Waals surface area contributed by atoms with Crippen molar-refractivity contribution in [3.05, 3.63) is 69.3 Å². The highest BCUT2D eigenvalue weighted by atomic mass is 16.5. The summed E-state index contributed by atoms with van der Waals surface area (Å²) in [5.74, 6) is 0.767. The van der Waals surface area contributed by atoms with E-state index in [2.05, 4.69) is 10.3 Å². The van der Waals surface area contributed by atoms with E-state index in [0.717, 1.165) is 16.8 Å². The van der Waals surface area contributed by atoms with Gasteiger partial charge in [-0.05, 0) is 30.5 Å². The predicted octanol–water partition coefficient (Wildman–Crippen LogP) is 3.36. The molecule has 8 heteroatoms. The van der Waals surface area contributed by atoms with E-state index < -0.39 is 0 Å².